The van der Waals surface area contributed by atoms with Crippen LogP contribution in [0, 0.1) is 12.7 Å². The maximum absolute atomic E-state index is 13.2. The molecule has 0 saturated heterocycles. The van der Waals surface area contributed by atoms with E-state index in [-0.39, 0.29) is 5.82 Å². The standard InChI is InChI=1S/C13H15FN2S/c1-3-15-7-11-8-16-13(17-11)12-6-10(14)5-4-9(12)2/h4-6,8,15H,3,7H2,1-2H3. The van der Waals surface area contributed by atoms with Gasteiger partial charge in [0, 0.05) is 23.2 Å². The highest BCUT2D eigenvalue weighted by Gasteiger charge is 2.08. The molecule has 0 radical (unpaired) electrons. The van der Waals surface area contributed by atoms with E-state index in [1.165, 1.54) is 10.9 Å². The summed E-state index contributed by atoms with van der Waals surface area (Å²) >= 11 is 1.61. The summed E-state index contributed by atoms with van der Waals surface area (Å²) in [6.07, 6.45) is 1.85. The van der Waals surface area contributed by atoms with Gasteiger partial charge in [0.15, 0.2) is 0 Å². The average molecular weight is 250 g/mol. The Morgan fingerprint density at radius 2 is 2.24 bits per heavy atom. The lowest BCUT2D eigenvalue weighted by atomic mass is 10.1. The fraction of sp³-hybridized carbons (Fsp3) is 0.308. The maximum Gasteiger partial charge on any atom is 0.123 e. The van der Waals surface area contributed by atoms with Crippen LogP contribution < -0.4 is 5.32 Å². The fourth-order valence-corrected chi connectivity index (χ4v) is 2.55. The predicted molar refractivity (Wildman–Crippen MR) is 69.6 cm³/mol. The van der Waals surface area contributed by atoms with Crippen molar-refractivity contribution in [1.29, 1.82) is 0 Å². The van der Waals surface area contributed by atoms with E-state index in [1.54, 1.807) is 23.5 Å². The molecule has 0 aliphatic rings. The van der Waals surface area contributed by atoms with Crippen LogP contribution in [0.4, 0.5) is 4.39 Å². The highest BCUT2D eigenvalue weighted by Crippen LogP contribution is 2.28. The van der Waals surface area contributed by atoms with Crippen LogP contribution in [0.2, 0.25) is 0 Å². The van der Waals surface area contributed by atoms with Gasteiger partial charge in [-0.2, -0.15) is 0 Å². The zero-order chi connectivity index (χ0) is 12.3. The summed E-state index contributed by atoms with van der Waals surface area (Å²) in [5, 5.41) is 4.14. The van der Waals surface area contributed by atoms with Gasteiger partial charge in [-0.15, -0.1) is 11.3 Å². The number of hydrogen-bond acceptors (Lipinski definition) is 3. The SMILES string of the molecule is CCNCc1cnc(-c2cc(F)ccc2C)s1. The Balaban J connectivity index is 2.27. The third-order valence-electron chi connectivity index (χ3n) is 2.53. The van der Waals surface area contributed by atoms with Crippen LogP contribution in [0.5, 0.6) is 0 Å². The molecule has 0 atom stereocenters. The Labute approximate surface area is 105 Å². The van der Waals surface area contributed by atoms with E-state index >= 15 is 0 Å². The van der Waals surface area contributed by atoms with E-state index < -0.39 is 0 Å². The Morgan fingerprint density at radius 1 is 1.41 bits per heavy atom. The van der Waals surface area contributed by atoms with Crippen LogP contribution >= 0.6 is 11.3 Å². The Hall–Kier alpha value is -1.26. The van der Waals surface area contributed by atoms with Crippen molar-refractivity contribution in [2.75, 3.05) is 6.54 Å². The molecule has 0 aliphatic heterocycles. The van der Waals surface area contributed by atoms with Gasteiger partial charge in [-0.05, 0) is 31.2 Å². The minimum atomic E-state index is -0.214. The molecule has 0 unspecified atom stereocenters. The topological polar surface area (TPSA) is 24.9 Å². The lowest BCUT2D eigenvalue weighted by Gasteiger charge is -2.01. The molecule has 2 nitrogen and oxygen atoms in total. The molecule has 90 valence electrons. The van der Waals surface area contributed by atoms with Gasteiger partial charge in [0.05, 0.1) is 0 Å². The van der Waals surface area contributed by atoms with Crippen molar-refractivity contribution in [3.63, 3.8) is 0 Å². The van der Waals surface area contributed by atoms with Gasteiger partial charge < -0.3 is 5.32 Å². The van der Waals surface area contributed by atoms with Gasteiger partial charge in [-0.25, -0.2) is 9.37 Å². The van der Waals surface area contributed by atoms with Gasteiger partial charge in [0.2, 0.25) is 0 Å². The van der Waals surface area contributed by atoms with Crippen molar-refractivity contribution < 1.29 is 4.39 Å². The van der Waals surface area contributed by atoms with Gasteiger partial charge >= 0.3 is 0 Å². The van der Waals surface area contributed by atoms with Crippen LogP contribution in [0.15, 0.2) is 24.4 Å². The van der Waals surface area contributed by atoms with Crippen LogP contribution in [0.25, 0.3) is 10.6 Å². The number of hydrogen-bond donors (Lipinski definition) is 1. The second-order valence-corrected chi connectivity index (χ2v) is 4.99. The van der Waals surface area contributed by atoms with Crippen LogP contribution in [-0.4, -0.2) is 11.5 Å². The number of aromatic nitrogens is 1. The van der Waals surface area contributed by atoms with E-state index in [0.717, 1.165) is 29.2 Å². The van der Waals surface area contributed by atoms with Gasteiger partial charge in [-0.3, -0.25) is 0 Å². The van der Waals surface area contributed by atoms with E-state index in [1.807, 2.05) is 13.1 Å². The van der Waals surface area contributed by atoms with E-state index in [0.29, 0.717) is 0 Å². The van der Waals surface area contributed by atoms with Gasteiger partial charge in [0.1, 0.15) is 10.8 Å². The molecule has 0 spiro atoms. The Bertz CT molecular complexity index is 508. The summed E-state index contributed by atoms with van der Waals surface area (Å²) < 4.78 is 13.2. The fourth-order valence-electron chi connectivity index (χ4n) is 1.59. The first kappa shape index (κ1) is 12.2. The first-order valence-corrected chi connectivity index (χ1v) is 6.44. The molecule has 0 fully saturated rings. The molecule has 0 bridgehead atoms. The molecule has 1 heterocycles. The second-order valence-electron chi connectivity index (χ2n) is 3.87. The van der Waals surface area contributed by atoms with Gasteiger partial charge in [-0.1, -0.05) is 13.0 Å². The quantitative estimate of drug-likeness (QED) is 0.900. The molecule has 0 aliphatic carbocycles. The summed E-state index contributed by atoms with van der Waals surface area (Å²) in [6.45, 7) is 5.80. The lowest BCUT2D eigenvalue weighted by molar-refractivity contribution is 0.628. The first-order chi connectivity index (χ1) is 8.20. The molecular formula is C13H15FN2S. The summed E-state index contributed by atoms with van der Waals surface area (Å²) in [7, 11) is 0. The van der Waals surface area contributed by atoms with Crippen molar-refractivity contribution in [3.8, 4) is 10.6 Å². The maximum atomic E-state index is 13.2. The predicted octanol–water partition coefficient (Wildman–Crippen LogP) is 3.37. The molecular weight excluding hydrogens is 235 g/mol. The zero-order valence-electron chi connectivity index (χ0n) is 9.96. The molecule has 0 amide bonds. The molecule has 0 saturated carbocycles. The first-order valence-electron chi connectivity index (χ1n) is 5.62. The number of halogens is 1. The molecule has 1 N–H and O–H groups in total. The second kappa shape index (κ2) is 5.38. The molecule has 17 heavy (non-hydrogen) atoms. The number of nitrogens with one attached hydrogen (secondary N) is 1. The molecule has 4 heteroatoms. The van der Waals surface area contributed by atoms with E-state index in [4.69, 9.17) is 0 Å². The number of aryl methyl sites for hydroxylation is 1. The minimum absolute atomic E-state index is 0.214. The van der Waals surface area contributed by atoms with Crippen molar-refractivity contribution >= 4 is 11.3 Å². The molecule has 1 aromatic carbocycles. The van der Waals surface area contributed by atoms with Gasteiger partial charge in [0.25, 0.3) is 0 Å². The average Bonchev–Trinajstić information content (AvgIpc) is 2.78. The third kappa shape index (κ3) is 2.90. The van der Waals surface area contributed by atoms with Crippen molar-refractivity contribution in [1.82, 2.24) is 10.3 Å². The van der Waals surface area contributed by atoms with Crippen molar-refractivity contribution in [2.45, 2.75) is 20.4 Å². The smallest absolute Gasteiger partial charge is 0.123 e. The van der Waals surface area contributed by atoms with Crippen LogP contribution in [0.3, 0.4) is 0 Å². The number of nitrogens with zero attached hydrogens (tertiary/aromatic N) is 1. The highest BCUT2D eigenvalue weighted by atomic mass is 32.1. The van der Waals surface area contributed by atoms with E-state index in [9.17, 15) is 4.39 Å². The molecule has 2 rings (SSSR count). The Morgan fingerprint density at radius 3 is 3.00 bits per heavy atom. The number of thiazole rings is 1. The number of benzene rings is 1. The van der Waals surface area contributed by atoms with Crippen LogP contribution in [-0.2, 0) is 6.54 Å². The van der Waals surface area contributed by atoms with Crippen molar-refractivity contribution in [3.05, 3.63) is 40.7 Å². The minimum Gasteiger partial charge on any atom is -0.312 e. The third-order valence-corrected chi connectivity index (χ3v) is 3.56. The Kier molecular flexibility index (Phi) is 3.86. The van der Waals surface area contributed by atoms with Crippen LogP contribution in [0.1, 0.15) is 17.4 Å². The summed E-state index contributed by atoms with van der Waals surface area (Å²) in [5.41, 5.74) is 1.94. The van der Waals surface area contributed by atoms with Crippen molar-refractivity contribution in [2.24, 2.45) is 0 Å². The number of rotatable bonds is 4. The summed E-state index contributed by atoms with van der Waals surface area (Å²) in [6, 6.07) is 4.81. The van der Waals surface area contributed by atoms with E-state index in [2.05, 4.69) is 17.2 Å². The highest BCUT2D eigenvalue weighted by molar-refractivity contribution is 7.15. The normalized spacial score (nSPS) is 10.8. The summed E-state index contributed by atoms with van der Waals surface area (Å²) in [4.78, 5) is 5.52. The lowest BCUT2D eigenvalue weighted by Crippen LogP contribution is -2.10. The monoisotopic (exact) mass is 250 g/mol. The largest absolute Gasteiger partial charge is 0.312 e. The molecule has 2 aromatic rings. The zero-order valence-corrected chi connectivity index (χ0v) is 10.8. The molecule has 1 aromatic heterocycles. The summed E-state index contributed by atoms with van der Waals surface area (Å²) in [5.74, 6) is -0.214.